The van der Waals surface area contributed by atoms with Gasteiger partial charge in [-0.25, -0.2) is 17.2 Å². The van der Waals surface area contributed by atoms with Gasteiger partial charge in [0.1, 0.15) is 22.9 Å². The van der Waals surface area contributed by atoms with Crippen LogP contribution in [0.1, 0.15) is 36.0 Å². The van der Waals surface area contributed by atoms with Crippen LogP contribution >= 0.6 is 22.6 Å². The number of amides is 1. The third-order valence-corrected chi connectivity index (χ3v) is 8.80. The fraction of sp³-hybridized carbons (Fsp3) is 0.208. The van der Waals surface area contributed by atoms with Crippen molar-refractivity contribution in [2.45, 2.75) is 35.8 Å². The van der Waals surface area contributed by atoms with Crippen molar-refractivity contribution in [2.24, 2.45) is 5.73 Å². The lowest BCUT2D eigenvalue weighted by Gasteiger charge is -2.18. The summed E-state index contributed by atoms with van der Waals surface area (Å²) in [6, 6.07) is 10.5. The summed E-state index contributed by atoms with van der Waals surface area (Å²) in [6.45, 7) is 0. The molecular formula is C24H22F2IN3O4S. The minimum Gasteiger partial charge on any atom is -0.454 e. The lowest BCUT2D eigenvalue weighted by Crippen LogP contribution is -2.19. The van der Waals surface area contributed by atoms with Gasteiger partial charge in [-0.1, -0.05) is 18.9 Å². The number of rotatable bonds is 7. The van der Waals surface area contributed by atoms with E-state index >= 15 is 0 Å². The summed E-state index contributed by atoms with van der Waals surface area (Å²) >= 11 is 1.94. The minimum absolute atomic E-state index is 0.00589. The molecule has 0 radical (unpaired) electrons. The Labute approximate surface area is 214 Å². The Bertz CT molecular complexity index is 1410. The van der Waals surface area contributed by atoms with E-state index in [0.29, 0.717) is 16.4 Å². The highest BCUT2D eigenvalue weighted by Crippen LogP contribution is 2.40. The summed E-state index contributed by atoms with van der Waals surface area (Å²) in [5, 5.41) is 2.15. The average molecular weight is 613 g/mol. The molecule has 5 N–H and O–H groups in total. The molecule has 0 unspecified atom stereocenters. The van der Waals surface area contributed by atoms with Crippen molar-refractivity contribution in [3.63, 3.8) is 0 Å². The monoisotopic (exact) mass is 613 g/mol. The third-order valence-electron chi connectivity index (χ3n) is 5.81. The van der Waals surface area contributed by atoms with E-state index in [-0.39, 0.29) is 39.0 Å². The van der Waals surface area contributed by atoms with Crippen LogP contribution in [0.2, 0.25) is 0 Å². The Morgan fingerprint density at radius 1 is 1.03 bits per heavy atom. The first-order valence-corrected chi connectivity index (χ1v) is 13.4. The second kappa shape index (κ2) is 9.97. The quantitative estimate of drug-likeness (QED) is 0.239. The normalized spacial score (nSPS) is 14.1. The summed E-state index contributed by atoms with van der Waals surface area (Å²) in [7, 11) is -3.70. The number of para-hydroxylation sites is 1. The molecular weight excluding hydrogens is 591 g/mol. The summed E-state index contributed by atoms with van der Waals surface area (Å²) < 4.78 is 61.5. The molecule has 1 aliphatic rings. The molecule has 1 saturated carbocycles. The SMILES string of the molecule is NC(=O)c1c(Nc2ccc(I)cc2F)cc(F)cc1Oc1cccc(S(=O)(=O)C2CCCC2)c1N. The van der Waals surface area contributed by atoms with Crippen molar-refractivity contribution < 1.29 is 26.7 Å². The number of sulfone groups is 1. The molecule has 0 heterocycles. The van der Waals surface area contributed by atoms with Crippen molar-refractivity contribution in [3.8, 4) is 11.5 Å². The van der Waals surface area contributed by atoms with E-state index in [1.165, 1.54) is 30.3 Å². The molecule has 1 amide bonds. The van der Waals surface area contributed by atoms with Gasteiger partial charge in [0.05, 0.1) is 27.2 Å². The zero-order valence-corrected chi connectivity index (χ0v) is 21.3. The molecule has 1 fully saturated rings. The highest BCUT2D eigenvalue weighted by atomic mass is 127. The number of nitrogens with one attached hydrogen (secondary N) is 1. The van der Waals surface area contributed by atoms with E-state index in [0.717, 1.165) is 25.0 Å². The number of primary amides is 1. The standard InChI is InChI=1S/C24H22F2IN3O4S/c25-13-10-18(30-17-9-8-14(27)12-16(17)26)22(24(29)31)20(11-13)34-19-6-3-7-21(23(19)28)35(32,33)15-4-1-2-5-15/h3,6-12,15,30H,1-2,4-5,28H2,(H2,29,31). The van der Waals surface area contributed by atoms with E-state index in [1.807, 2.05) is 22.6 Å². The first kappa shape index (κ1) is 25.2. The molecule has 0 saturated heterocycles. The second-order valence-corrected chi connectivity index (χ2v) is 11.6. The smallest absolute Gasteiger partial charge is 0.254 e. The lowest BCUT2D eigenvalue weighted by molar-refractivity contribution is 0.0999. The summed E-state index contributed by atoms with van der Waals surface area (Å²) in [5.74, 6) is -2.77. The van der Waals surface area contributed by atoms with Crippen LogP contribution in [0.5, 0.6) is 11.5 Å². The van der Waals surface area contributed by atoms with E-state index < -0.39 is 32.6 Å². The van der Waals surface area contributed by atoms with Gasteiger partial charge in [0.15, 0.2) is 15.6 Å². The van der Waals surface area contributed by atoms with Crippen LogP contribution in [-0.2, 0) is 9.84 Å². The van der Waals surface area contributed by atoms with Gasteiger partial charge in [-0.2, -0.15) is 0 Å². The maximum Gasteiger partial charge on any atom is 0.254 e. The van der Waals surface area contributed by atoms with Crippen molar-refractivity contribution in [1.82, 2.24) is 0 Å². The highest BCUT2D eigenvalue weighted by molar-refractivity contribution is 14.1. The van der Waals surface area contributed by atoms with Crippen molar-refractivity contribution in [2.75, 3.05) is 11.1 Å². The van der Waals surface area contributed by atoms with Gasteiger partial charge >= 0.3 is 0 Å². The summed E-state index contributed by atoms with van der Waals surface area (Å²) in [6.07, 6.45) is 2.74. The second-order valence-electron chi connectivity index (χ2n) is 8.16. The van der Waals surface area contributed by atoms with E-state index in [9.17, 15) is 22.0 Å². The summed E-state index contributed by atoms with van der Waals surface area (Å²) in [4.78, 5) is 12.2. The Balaban J connectivity index is 1.75. The first-order chi connectivity index (χ1) is 16.6. The van der Waals surface area contributed by atoms with Crippen LogP contribution < -0.4 is 21.5 Å². The molecule has 0 aliphatic heterocycles. The van der Waals surface area contributed by atoms with Crippen LogP contribution in [0.15, 0.2) is 53.4 Å². The molecule has 3 aromatic rings. The van der Waals surface area contributed by atoms with Gasteiger partial charge in [0.2, 0.25) is 0 Å². The Hall–Kier alpha value is -2.93. The number of anilines is 3. The zero-order valence-electron chi connectivity index (χ0n) is 18.4. The minimum atomic E-state index is -3.70. The Morgan fingerprint density at radius 2 is 1.74 bits per heavy atom. The lowest BCUT2D eigenvalue weighted by atomic mass is 10.1. The third kappa shape index (κ3) is 5.20. The average Bonchev–Trinajstić information content (AvgIpc) is 3.32. The van der Waals surface area contributed by atoms with Gasteiger partial charge in [0, 0.05) is 9.64 Å². The van der Waals surface area contributed by atoms with Gasteiger partial charge in [-0.3, -0.25) is 4.79 Å². The van der Waals surface area contributed by atoms with Gasteiger partial charge in [0.25, 0.3) is 5.91 Å². The molecule has 0 bridgehead atoms. The van der Waals surface area contributed by atoms with Crippen LogP contribution in [0.3, 0.4) is 0 Å². The molecule has 1 aliphatic carbocycles. The number of nitrogen functional groups attached to an aromatic ring is 1. The predicted molar refractivity (Wildman–Crippen MR) is 138 cm³/mol. The van der Waals surface area contributed by atoms with Crippen LogP contribution in [0.25, 0.3) is 0 Å². The van der Waals surface area contributed by atoms with Crippen LogP contribution in [0.4, 0.5) is 25.8 Å². The number of carbonyl (C=O) groups excluding carboxylic acids is 1. The molecule has 11 heteroatoms. The fourth-order valence-electron chi connectivity index (χ4n) is 4.11. The number of nitrogens with two attached hydrogens (primary N) is 2. The van der Waals surface area contributed by atoms with Gasteiger partial charge in [-0.05, 0) is 71.8 Å². The number of benzene rings is 3. The molecule has 4 rings (SSSR count). The number of hydrogen-bond acceptors (Lipinski definition) is 6. The van der Waals surface area contributed by atoms with Crippen molar-refractivity contribution >= 4 is 55.4 Å². The van der Waals surface area contributed by atoms with E-state index in [4.69, 9.17) is 16.2 Å². The maximum atomic E-state index is 14.5. The molecule has 184 valence electrons. The van der Waals surface area contributed by atoms with Crippen molar-refractivity contribution in [1.29, 1.82) is 0 Å². The predicted octanol–water partition coefficient (Wildman–Crippen LogP) is 5.50. The number of hydrogen-bond donors (Lipinski definition) is 3. The molecule has 35 heavy (non-hydrogen) atoms. The van der Waals surface area contributed by atoms with Crippen molar-refractivity contribution in [3.05, 3.63) is 69.3 Å². The number of ether oxygens (including phenoxy) is 1. The molecule has 3 aromatic carbocycles. The molecule has 0 aromatic heterocycles. The Morgan fingerprint density at radius 3 is 2.40 bits per heavy atom. The fourth-order valence-corrected chi connectivity index (χ4v) is 6.55. The van der Waals surface area contributed by atoms with Crippen LogP contribution in [-0.4, -0.2) is 19.6 Å². The maximum absolute atomic E-state index is 14.5. The molecule has 0 atom stereocenters. The Kier molecular flexibility index (Phi) is 7.17. The number of carbonyl (C=O) groups is 1. The van der Waals surface area contributed by atoms with Crippen LogP contribution in [0, 0.1) is 15.2 Å². The summed E-state index contributed by atoms with van der Waals surface area (Å²) in [5.41, 5.74) is 11.2. The first-order valence-electron chi connectivity index (χ1n) is 10.7. The largest absolute Gasteiger partial charge is 0.454 e. The van der Waals surface area contributed by atoms with Gasteiger partial charge in [-0.15, -0.1) is 0 Å². The molecule has 7 nitrogen and oxygen atoms in total. The molecule has 0 spiro atoms. The van der Waals surface area contributed by atoms with Gasteiger partial charge < -0.3 is 21.5 Å². The topological polar surface area (TPSA) is 125 Å². The zero-order chi connectivity index (χ0) is 25.3. The number of halogens is 3. The van der Waals surface area contributed by atoms with E-state index in [1.54, 1.807) is 6.07 Å². The highest BCUT2D eigenvalue weighted by Gasteiger charge is 2.32. The van der Waals surface area contributed by atoms with E-state index in [2.05, 4.69) is 5.32 Å².